The van der Waals surface area contributed by atoms with Crippen molar-refractivity contribution in [2.45, 2.75) is 18.5 Å². The van der Waals surface area contributed by atoms with Crippen LogP contribution >= 0.6 is 12.2 Å². The Morgan fingerprint density at radius 2 is 1.71 bits per heavy atom. The van der Waals surface area contributed by atoms with Gasteiger partial charge in [0.1, 0.15) is 0 Å². The third-order valence-electron chi connectivity index (χ3n) is 7.32. The Bertz CT molecular complexity index is 1730. The monoisotopic (exact) mass is 561 g/mol. The second-order valence-electron chi connectivity index (χ2n) is 9.80. The largest absolute Gasteiger partial charge is 0.478 e. The van der Waals surface area contributed by atoms with E-state index in [2.05, 4.69) is 15.6 Å². The number of thiocarbonyl (C=S) groups is 1. The molecule has 0 bridgehead atoms. The molecule has 1 amide bonds. The molecule has 0 saturated carbocycles. The molecule has 1 fully saturated rings. The summed E-state index contributed by atoms with van der Waals surface area (Å²) in [6.45, 7) is 0.388. The molecule has 3 N–H and O–H groups in total. The summed E-state index contributed by atoms with van der Waals surface area (Å²) in [6.07, 6.45) is 3.92. The van der Waals surface area contributed by atoms with Crippen molar-refractivity contribution in [2.75, 3.05) is 11.9 Å². The quantitative estimate of drug-likeness (QED) is 0.208. The van der Waals surface area contributed by atoms with E-state index in [0.29, 0.717) is 11.7 Å². The van der Waals surface area contributed by atoms with Crippen molar-refractivity contribution in [3.05, 3.63) is 126 Å². The highest BCUT2D eigenvalue weighted by atomic mass is 32.1. The maximum Gasteiger partial charge on any atom is 0.335 e. The standard InChI is InChI=1S/C32H27N5O3S/c38-28(34-25-11-5-8-21-7-1-2-9-24(21)25)17-20-37-30(29(35-32(37)41)26-10-3-4-18-33-26)27-12-6-19-36(27)23-15-13-22(14-16-23)31(39)40/h1-16,18-19,29-30H,17,20H2,(H,34,38)(H,35,41)(H,39,40). The van der Waals surface area contributed by atoms with E-state index in [-0.39, 0.29) is 30.0 Å². The number of hydrogen-bond acceptors (Lipinski definition) is 4. The molecule has 5 aromatic rings. The summed E-state index contributed by atoms with van der Waals surface area (Å²) < 4.78 is 2.02. The van der Waals surface area contributed by atoms with Gasteiger partial charge in [-0.25, -0.2) is 4.79 Å². The molecule has 1 saturated heterocycles. The summed E-state index contributed by atoms with van der Waals surface area (Å²) >= 11 is 5.80. The summed E-state index contributed by atoms with van der Waals surface area (Å²) in [4.78, 5) is 31.2. The lowest BCUT2D eigenvalue weighted by atomic mass is 10.0. The molecule has 2 unspecified atom stereocenters. The molecule has 204 valence electrons. The Kier molecular flexibility index (Phi) is 7.18. The van der Waals surface area contributed by atoms with Gasteiger partial charge >= 0.3 is 5.97 Å². The molecule has 0 spiro atoms. The maximum atomic E-state index is 13.2. The van der Waals surface area contributed by atoms with Gasteiger partial charge in [0.2, 0.25) is 5.91 Å². The van der Waals surface area contributed by atoms with Crippen molar-refractivity contribution in [1.82, 2.24) is 19.8 Å². The Morgan fingerprint density at radius 3 is 2.49 bits per heavy atom. The highest BCUT2D eigenvalue weighted by molar-refractivity contribution is 7.80. The highest BCUT2D eigenvalue weighted by Gasteiger charge is 2.41. The van der Waals surface area contributed by atoms with Gasteiger partial charge in [-0.1, -0.05) is 42.5 Å². The summed E-state index contributed by atoms with van der Waals surface area (Å²) in [6, 6.07) is 29.8. The number of fused-ring (bicyclic) bond motifs is 1. The van der Waals surface area contributed by atoms with Crippen molar-refractivity contribution in [3.8, 4) is 5.69 Å². The van der Waals surface area contributed by atoms with Crippen LogP contribution in [0.2, 0.25) is 0 Å². The van der Waals surface area contributed by atoms with E-state index in [1.54, 1.807) is 30.5 Å². The van der Waals surface area contributed by atoms with E-state index < -0.39 is 5.97 Å². The number of carbonyl (C=O) groups excluding carboxylic acids is 1. The molecule has 6 rings (SSSR count). The second kappa shape index (κ2) is 11.2. The van der Waals surface area contributed by atoms with Crippen LogP contribution in [0.4, 0.5) is 5.69 Å². The summed E-state index contributed by atoms with van der Waals surface area (Å²) in [7, 11) is 0. The Hall–Kier alpha value is -5.02. The highest BCUT2D eigenvalue weighted by Crippen LogP contribution is 2.39. The number of carboxylic acids is 1. The topological polar surface area (TPSA) is 99.5 Å². The van der Waals surface area contributed by atoms with Gasteiger partial charge in [0.05, 0.1) is 23.3 Å². The van der Waals surface area contributed by atoms with Crippen LogP contribution in [0.1, 0.15) is 40.3 Å². The van der Waals surface area contributed by atoms with Gasteiger partial charge in [0.25, 0.3) is 0 Å². The first-order valence-corrected chi connectivity index (χ1v) is 13.7. The normalized spacial score (nSPS) is 16.5. The number of nitrogens with one attached hydrogen (secondary N) is 2. The molecule has 3 heterocycles. The van der Waals surface area contributed by atoms with Gasteiger partial charge in [-0.3, -0.25) is 9.78 Å². The van der Waals surface area contributed by atoms with Gasteiger partial charge in [0, 0.05) is 47.8 Å². The number of carbonyl (C=O) groups is 2. The van der Waals surface area contributed by atoms with Gasteiger partial charge in [0.15, 0.2) is 5.11 Å². The average molecular weight is 562 g/mol. The van der Waals surface area contributed by atoms with Gasteiger partial charge in [-0.2, -0.15) is 0 Å². The number of anilines is 1. The number of rotatable bonds is 8. The molecule has 41 heavy (non-hydrogen) atoms. The van der Waals surface area contributed by atoms with Gasteiger partial charge in [-0.15, -0.1) is 0 Å². The minimum Gasteiger partial charge on any atom is -0.478 e. The van der Waals surface area contributed by atoms with Crippen molar-refractivity contribution < 1.29 is 14.7 Å². The van der Waals surface area contributed by atoms with E-state index in [0.717, 1.165) is 33.5 Å². The number of amides is 1. The van der Waals surface area contributed by atoms with Crippen LogP contribution in [-0.4, -0.2) is 43.1 Å². The van der Waals surface area contributed by atoms with E-state index in [9.17, 15) is 14.7 Å². The fourth-order valence-electron chi connectivity index (χ4n) is 5.37. The summed E-state index contributed by atoms with van der Waals surface area (Å²) in [5.74, 6) is -1.08. The molecule has 8 nitrogen and oxygen atoms in total. The number of aromatic carboxylic acids is 1. The number of carboxylic acid groups (broad SMARTS) is 1. The zero-order valence-electron chi connectivity index (χ0n) is 22.0. The molecule has 3 aromatic carbocycles. The molecule has 1 aliphatic heterocycles. The van der Waals surface area contributed by atoms with E-state index >= 15 is 0 Å². The molecule has 0 aliphatic carbocycles. The number of benzene rings is 3. The van der Waals surface area contributed by atoms with Crippen molar-refractivity contribution in [3.63, 3.8) is 0 Å². The number of nitrogens with zero attached hydrogens (tertiary/aromatic N) is 3. The van der Waals surface area contributed by atoms with Crippen molar-refractivity contribution in [2.24, 2.45) is 0 Å². The zero-order valence-corrected chi connectivity index (χ0v) is 22.8. The lowest BCUT2D eigenvalue weighted by molar-refractivity contribution is -0.116. The first kappa shape index (κ1) is 26.2. The molecule has 9 heteroatoms. The molecule has 0 radical (unpaired) electrons. The second-order valence-corrected chi connectivity index (χ2v) is 10.2. The predicted octanol–water partition coefficient (Wildman–Crippen LogP) is 5.73. The minimum absolute atomic E-state index is 0.108. The molecule has 1 aliphatic rings. The molecule has 2 aromatic heterocycles. The predicted molar refractivity (Wildman–Crippen MR) is 162 cm³/mol. The fraction of sp³-hybridized carbons (Fsp3) is 0.125. The zero-order chi connectivity index (χ0) is 28.3. The fourth-order valence-corrected chi connectivity index (χ4v) is 5.70. The Labute approximate surface area is 242 Å². The smallest absolute Gasteiger partial charge is 0.335 e. The lowest BCUT2D eigenvalue weighted by Gasteiger charge is -2.29. The molecule has 2 atom stereocenters. The third-order valence-corrected chi connectivity index (χ3v) is 7.67. The Morgan fingerprint density at radius 1 is 0.927 bits per heavy atom. The van der Waals surface area contributed by atoms with E-state index in [4.69, 9.17) is 12.2 Å². The van der Waals surface area contributed by atoms with Crippen LogP contribution in [0.25, 0.3) is 16.5 Å². The molecular weight excluding hydrogens is 534 g/mol. The summed E-state index contributed by atoms with van der Waals surface area (Å²) in [5, 5.41) is 18.4. The maximum absolute atomic E-state index is 13.2. The van der Waals surface area contributed by atoms with Crippen LogP contribution < -0.4 is 10.6 Å². The lowest BCUT2D eigenvalue weighted by Crippen LogP contribution is -2.33. The number of pyridine rings is 1. The Balaban J connectivity index is 1.29. The average Bonchev–Trinajstić information content (AvgIpc) is 3.61. The number of aromatic nitrogens is 2. The van der Waals surface area contributed by atoms with Gasteiger partial charge in [-0.05, 0) is 72.2 Å². The van der Waals surface area contributed by atoms with E-state index in [1.165, 1.54) is 0 Å². The first-order valence-electron chi connectivity index (χ1n) is 13.3. The van der Waals surface area contributed by atoms with Gasteiger partial charge < -0.3 is 25.2 Å². The van der Waals surface area contributed by atoms with Crippen LogP contribution in [-0.2, 0) is 4.79 Å². The third kappa shape index (κ3) is 5.27. The summed E-state index contributed by atoms with van der Waals surface area (Å²) in [5.41, 5.74) is 3.58. The van der Waals surface area contributed by atoms with Crippen LogP contribution in [0.5, 0.6) is 0 Å². The van der Waals surface area contributed by atoms with Crippen molar-refractivity contribution in [1.29, 1.82) is 0 Å². The number of hydrogen-bond donors (Lipinski definition) is 3. The van der Waals surface area contributed by atoms with Crippen molar-refractivity contribution >= 4 is 45.7 Å². The first-order chi connectivity index (χ1) is 20.0. The van der Waals surface area contributed by atoms with Crippen LogP contribution in [0, 0.1) is 0 Å². The van der Waals surface area contributed by atoms with Crippen LogP contribution in [0.3, 0.4) is 0 Å². The SMILES string of the molecule is O=C(CCN1C(=S)NC(c2ccccn2)C1c1cccn1-c1ccc(C(=O)O)cc1)Nc1cccc2ccccc12. The van der Waals surface area contributed by atoms with E-state index in [1.807, 2.05) is 88.5 Å². The molecular formula is C32H27N5O3S. The minimum atomic E-state index is -0.974. The van der Waals surface area contributed by atoms with Crippen LogP contribution in [0.15, 0.2) is 109 Å².